The van der Waals surface area contributed by atoms with E-state index < -0.39 is 0 Å². The number of furan rings is 1. The van der Waals surface area contributed by atoms with Crippen LogP contribution in [0.1, 0.15) is 37.8 Å². The van der Waals surface area contributed by atoms with Gasteiger partial charge in [0.25, 0.3) is 5.89 Å². The Morgan fingerprint density at radius 3 is 2.70 bits per heavy atom. The van der Waals surface area contributed by atoms with Gasteiger partial charge in [-0.15, -0.1) is 5.10 Å². The van der Waals surface area contributed by atoms with Crippen LogP contribution in [0.2, 0.25) is 0 Å². The van der Waals surface area contributed by atoms with Crippen molar-refractivity contribution >= 4 is 6.01 Å². The average Bonchev–Trinajstić information content (AvgIpc) is 3.15. The Balaban J connectivity index is 1.75. The zero-order chi connectivity index (χ0) is 16.6. The van der Waals surface area contributed by atoms with Crippen LogP contribution in [0.4, 0.5) is 6.01 Å². The van der Waals surface area contributed by atoms with Crippen LogP contribution in [0, 0.1) is 6.92 Å². The zero-order valence-corrected chi connectivity index (χ0v) is 14.0. The number of aromatic nitrogens is 4. The second kappa shape index (κ2) is 5.57. The molecule has 7 heteroatoms. The highest BCUT2D eigenvalue weighted by atomic mass is 16.4. The SMILES string of the molecule is Cc1occc1-c1nnc(NCc2cn(C)nc2C(C)(C)C)o1. The van der Waals surface area contributed by atoms with E-state index in [2.05, 4.69) is 41.4 Å². The number of anilines is 1. The van der Waals surface area contributed by atoms with E-state index in [1.165, 1.54) is 0 Å². The summed E-state index contributed by atoms with van der Waals surface area (Å²) >= 11 is 0. The van der Waals surface area contributed by atoms with Gasteiger partial charge in [0.15, 0.2) is 0 Å². The largest absolute Gasteiger partial charge is 0.469 e. The molecule has 3 aromatic heterocycles. The molecular weight excluding hydrogens is 294 g/mol. The molecule has 0 bridgehead atoms. The second-order valence-corrected chi connectivity index (χ2v) is 6.58. The van der Waals surface area contributed by atoms with Gasteiger partial charge in [-0.25, -0.2) is 0 Å². The van der Waals surface area contributed by atoms with Gasteiger partial charge in [-0.3, -0.25) is 4.68 Å². The fraction of sp³-hybridized carbons (Fsp3) is 0.438. The van der Waals surface area contributed by atoms with Crippen LogP contribution in [0.15, 0.2) is 27.4 Å². The third kappa shape index (κ3) is 3.13. The minimum atomic E-state index is -0.0216. The lowest BCUT2D eigenvalue weighted by Crippen LogP contribution is -2.16. The van der Waals surface area contributed by atoms with Gasteiger partial charge < -0.3 is 14.2 Å². The summed E-state index contributed by atoms with van der Waals surface area (Å²) in [4.78, 5) is 0. The van der Waals surface area contributed by atoms with E-state index in [-0.39, 0.29) is 5.41 Å². The van der Waals surface area contributed by atoms with Crippen LogP contribution < -0.4 is 5.32 Å². The van der Waals surface area contributed by atoms with Crippen LogP contribution in [-0.2, 0) is 19.0 Å². The molecule has 0 aliphatic heterocycles. The molecule has 7 nitrogen and oxygen atoms in total. The first-order chi connectivity index (χ1) is 10.8. The molecule has 0 saturated heterocycles. The van der Waals surface area contributed by atoms with Crippen LogP contribution >= 0.6 is 0 Å². The number of hydrogen-bond donors (Lipinski definition) is 1. The molecular formula is C16H21N5O2. The van der Waals surface area contributed by atoms with Gasteiger partial charge in [0.2, 0.25) is 0 Å². The fourth-order valence-corrected chi connectivity index (χ4v) is 2.48. The van der Waals surface area contributed by atoms with Gasteiger partial charge in [-0.2, -0.15) is 5.10 Å². The van der Waals surface area contributed by atoms with Gasteiger partial charge in [-0.1, -0.05) is 25.9 Å². The monoisotopic (exact) mass is 315 g/mol. The maximum Gasteiger partial charge on any atom is 0.316 e. The topological polar surface area (TPSA) is 81.9 Å². The van der Waals surface area contributed by atoms with E-state index in [9.17, 15) is 0 Å². The average molecular weight is 315 g/mol. The van der Waals surface area contributed by atoms with E-state index in [1.807, 2.05) is 30.9 Å². The van der Waals surface area contributed by atoms with Gasteiger partial charge in [-0.05, 0) is 13.0 Å². The molecule has 122 valence electrons. The summed E-state index contributed by atoms with van der Waals surface area (Å²) in [5.74, 6) is 1.20. The van der Waals surface area contributed by atoms with E-state index in [1.54, 1.807) is 6.26 Å². The number of nitrogens with one attached hydrogen (secondary N) is 1. The van der Waals surface area contributed by atoms with Crippen molar-refractivity contribution in [3.8, 4) is 11.5 Å². The first-order valence-electron chi connectivity index (χ1n) is 7.49. The Morgan fingerprint density at radius 1 is 1.26 bits per heavy atom. The Bertz CT molecular complexity index is 807. The quantitative estimate of drug-likeness (QED) is 0.795. The summed E-state index contributed by atoms with van der Waals surface area (Å²) < 4.78 is 12.7. The third-order valence-corrected chi connectivity index (χ3v) is 3.56. The van der Waals surface area contributed by atoms with Gasteiger partial charge in [0.1, 0.15) is 5.76 Å². The highest BCUT2D eigenvalue weighted by Crippen LogP contribution is 2.26. The molecule has 0 aliphatic rings. The normalized spacial score (nSPS) is 11.9. The van der Waals surface area contributed by atoms with Crippen molar-refractivity contribution in [1.29, 1.82) is 0 Å². The van der Waals surface area contributed by atoms with Crippen molar-refractivity contribution in [3.05, 3.63) is 35.5 Å². The molecule has 0 fully saturated rings. The predicted octanol–water partition coefficient (Wildman–Crippen LogP) is 3.28. The molecule has 0 atom stereocenters. The highest BCUT2D eigenvalue weighted by Gasteiger charge is 2.22. The predicted molar refractivity (Wildman–Crippen MR) is 86.0 cm³/mol. The third-order valence-electron chi connectivity index (χ3n) is 3.56. The molecule has 0 aliphatic carbocycles. The van der Waals surface area contributed by atoms with Crippen molar-refractivity contribution in [2.75, 3.05) is 5.32 Å². The lowest BCUT2D eigenvalue weighted by Gasteiger charge is -2.17. The summed E-state index contributed by atoms with van der Waals surface area (Å²) in [6.45, 7) is 8.87. The van der Waals surface area contributed by atoms with E-state index in [0.717, 1.165) is 22.6 Å². The first kappa shape index (κ1) is 15.3. The van der Waals surface area contributed by atoms with Crippen molar-refractivity contribution in [2.45, 2.75) is 39.7 Å². The minimum Gasteiger partial charge on any atom is -0.469 e. The fourth-order valence-electron chi connectivity index (χ4n) is 2.48. The van der Waals surface area contributed by atoms with Crippen molar-refractivity contribution < 1.29 is 8.83 Å². The van der Waals surface area contributed by atoms with Crippen LogP contribution in [-0.4, -0.2) is 20.0 Å². The molecule has 0 radical (unpaired) electrons. The molecule has 1 N–H and O–H groups in total. The molecule has 0 amide bonds. The molecule has 3 aromatic rings. The lowest BCUT2D eigenvalue weighted by atomic mass is 9.89. The second-order valence-electron chi connectivity index (χ2n) is 6.58. The molecule has 0 unspecified atom stereocenters. The number of aryl methyl sites for hydroxylation is 2. The number of rotatable bonds is 4. The molecule has 0 spiro atoms. The number of hydrogen-bond acceptors (Lipinski definition) is 6. The molecule has 0 aromatic carbocycles. The summed E-state index contributed by atoms with van der Waals surface area (Å²) in [7, 11) is 1.92. The summed E-state index contributed by atoms with van der Waals surface area (Å²) in [5.41, 5.74) is 2.95. The van der Waals surface area contributed by atoms with Gasteiger partial charge in [0.05, 0.1) is 17.5 Å². The summed E-state index contributed by atoms with van der Waals surface area (Å²) in [6, 6.07) is 2.19. The maximum absolute atomic E-state index is 5.64. The molecule has 3 rings (SSSR count). The number of nitrogens with zero attached hydrogens (tertiary/aromatic N) is 4. The zero-order valence-electron chi connectivity index (χ0n) is 14.0. The Morgan fingerprint density at radius 2 is 2.04 bits per heavy atom. The molecule has 0 saturated carbocycles. The Hall–Kier alpha value is -2.57. The van der Waals surface area contributed by atoms with E-state index in [0.29, 0.717) is 18.5 Å². The Kier molecular flexibility index (Phi) is 3.71. The summed E-state index contributed by atoms with van der Waals surface area (Å²) in [5, 5.41) is 15.8. The Labute approximate surface area is 134 Å². The van der Waals surface area contributed by atoms with Gasteiger partial charge >= 0.3 is 6.01 Å². The van der Waals surface area contributed by atoms with Crippen molar-refractivity contribution in [2.24, 2.45) is 7.05 Å². The van der Waals surface area contributed by atoms with Crippen molar-refractivity contribution in [3.63, 3.8) is 0 Å². The standard InChI is InChI=1S/C16H21N5O2/c1-10-12(6-7-22-10)14-18-19-15(23-14)17-8-11-9-21(5)20-13(11)16(2,3)4/h6-7,9H,8H2,1-5H3,(H,17,19). The highest BCUT2D eigenvalue weighted by molar-refractivity contribution is 5.55. The first-order valence-corrected chi connectivity index (χ1v) is 7.49. The van der Waals surface area contributed by atoms with Crippen LogP contribution in [0.3, 0.4) is 0 Å². The van der Waals surface area contributed by atoms with Crippen molar-refractivity contribution in [1.82, 2.24) is 20.0 Å². The summed E-state index contributed by atoms with van der Waals surface area (Å²) in [6.07, 6.45) is 3.61. The van der Waals surface area contributed by atoms with Crippen LogP contribution in [0.25, 0.3) is 11.5 Å². The van der Waals surface area contributed by atoms with E-state index >= 15 is 0 Å². The molecule has 3 heterocycles. The van der Waals surface area contributed by atoms with E-state index in [4.69, 9.17) is 8.83 Å². The maximum atomic E-state index is 5.64. The smallest absolute Gasteiger partial charge is 0.316 e. The van der Waals surface area contributed by atoms with Crippen LogP contribution in [0.5, 0.6) is 0 Å². The minimum absolute atomic E-state index is 0.0216. The lowest BCUT2D eigenvalue weighted by molar-refractivity contribution is 0.530. The van der Waals surface area contributed by atoms with Gasteiger partial charge in [0, 0.05) is 30.8 Å². The molecule has 23 heavy (non-hydrogen) atoms.